The van der Waals surface area contributed by atoms with Gasteiger partial charge in [-0.1, -0.05) is 0 Å². The van der Waals surface area contributed by atoms with Crippen molar-refractivity contribution in [3.63, 3.8) is 0 Å². The maximum atomic E-state index is 13.5. The van der Waals surface area contributed by atoms with Crippen molar-refractivity contribution >= 4 is 22.8 Å². The summed E-state index contributed by atoms with van der Waals surface area (Å²) in [6.07, 6.45) is 10.5. The number of nitrogens with zero attached hydrogens (tertiary/aromatic N) is 1. The zero-order chi connectivity index (χ0) is 37.7. The highest BCUT2D eigenvalue weighted by atomic mass is 16.6. The van der Waals surface area contributed by atoms with Crippen LogP contribution >= 0.6 is 0 Å². The van der Waals surface area contributed by atoms with Crippen molar-refractivity contribution in [2.24, 2.45) is 41.4 Å². The third-order valence-corrected chi connectivity index (χ3v) is 13.8. The molecule has 0 amide bonds. The summed E-state index contributed by atoms with van der Waals surface area (Å²) in [4.78, 5) is 33.1. The van der Waals surface area contributed by atoms with Crippen molar-refractivity contribution in [1.82, 2.24) is 9.88 Å². The standard InChI is InChI=1S/C33H40N2O9.C10H16/c1-38-19-7-8-20-21-9-10-35-16-18-13-27(44-32(36)17-11-25(39-2)30(41-4)26(12-17)40-3)31(42-5)28(33(37)43-6)22(18)15-24(35)29(21)34-23(20)14-19;1-7-2-9-4-8(1)5-10(3-7)6-9/h7-8,11-12,14,18,22,24,27-28,31,34H,9-10,13,15-16H2,1-6H3;7-10H,1-6H2/t18-,22+,24-,27-,28+,31+;/m1./s1. The van der Waals surface area contributed by atoms with Crippen LogP contribution in [0.1, 0.15) is 79.0 Å². The molecule has 10 rings (SSSR count). The molecule has 6 atom stereocenters. The van der Waals surface area contributed by atoms with E-state index in [0.29, 0.717) is 23.7 Å². The Morgan fingerprint density at radius 3 is 1.96 bits per heavy atom. The zero-order valence-corrected chi connectivity index (χ0v) is 32.6. The van der Waals surface area contributed by atoms with E-state index in [4.69, 9.17) is 33.2 Å². The van der Waals surface area contributed by atoms with Crippen molar-refractivity contribution < 1.29 is 42.7 Å². The Kier molecular flexibility index (Phi) is 10.5. The molecule has 3 aromatic rings. The molecule has 4 bridgehead atoms. The minimum atomic E-state index is -0.670. The second kappa shape index (κ2) is 15.3. The first-order valence-corrected chi connectivity index (χ1v) is 19.8. The molecule has 1 N–H and O–H groups in total. The van der Waals surface area contributed by atoms with Crippen molar-refractivity contribution in [1.29, 1.82) is 0 Å². The van der Waals surface area contributed by atoms with Gasteiger partial charge in [0.25, 0.3) is 0 Å². The van der Waals surface area contributed by atoms with Gasteiger partial charge in [-0.2, -0.15) is 0 Å². The van der Waals surface area contributed by atoms with Gasteiger partial charge in [-0.15, -0.1) is 0 Å². The lowest BCUT2D eigenvalue weighted by molar-refractivity contribution is -0.176. The number of carbonyl (C=O) groups is 2. The van der Waals surface area contributed by atoms with E-state index in [1.165, 1.54) is 68.8 Å². The van der Waals surface area contributed by atoms with Crippen LogP contribution < -0.4 is 18.9 Å². The second-order valence-electron chi connectivity index (χ2n) is 16.6. The lowest BCUT2D eigenvalue weighted by Gasteiger charge is -2.52. The number of aromatic amines is 1. The number of hydrogen-bond acceptors (Lipinski definition) is 10. The Labute approximate surface area is 318 Å². The van der Waals surface area contributed by atoms with Gasteiger partial charge < -0.3 is 38.1 Å². The van der Waals surface area contributed by atoms with E-state index in [-0.39, 0.29) is 29.4 Å². The van der Waals surface area contributed by atoms with Gasteiger partial charge in [0.15, 0.2) is 11.5 Å². The van der Waals surface area contributed by atoms with E-state index in [2.05, 4.69) is 16.0 Å². The summed E-state index contributed by atoms with van der Waals surface area (Å²) in [6.45, 7) is 1.68. The minimum Gasteiger partial charge on any atom is -0.497 e. The number of benzene rings is 2. The summed E-state index contributed by atoms with van der Waals surface area (Å²) in [5.74, 6) is 5.15. The lowest BCUT2D eigenvalue weighted by atomic mass is 9.56. The largest absolute Gasteiger partial charge is 0.497 e. The number of rotatable bonds is 8. The first-order chi connectivity index (χ1) is 26.2. The van der Waals surface area contributed by atoms with E-state index < -0.39 is 24.1 Å². The molecule has 11 heteroatoms. The van der Waals surface area contributed by atoms with Crippen LogP contribution in [-0.4, -0.2) is 89.8 Å². The predicted molar refractivity (Wildman–Crippen MR) is 202 cm³/mol. The average molecular weight is 745 g/mol. The Hall–Kier alpha value is -3.96. The monoisotopic (exact) mass is 744 g/mol. The number of hydrogen-bond donors (Lipinski definition) is 1. The summed E-state index contributed by atoms with van der Waals surface area (Å²) < 4.78 is 39.1. The number of H-pyrrole nitrogens is 1. The number of aromatic nitrogens is 1. The molecule has 1 aromatic heterocycles. The highest BCUT2D eigenvalue weighted by molar-refractivity contribution is 5.91. The summed E-state index contributed by atoms with van der Waals surface area (Å²) >= 11 is 0. The summed E-state index contributed by atoms with van der Waals surface area (Å²) in [7, 11) is 9.10. The van der Waals surface area contributed by atoms with Gasteiger partial charge in [0.1, 0.15) is 18.0 Å². The smallest absolute Gasteiger partial charge is 0.338 e. The Morgan fingerprint density at radius 1 is 0.759 bits per heavy atom. The fraction of sp³-hybridized carbons (Fsp3) is 0.628. The third kappa shape index (κ3) is 6.69. The molecule has 11 nitrogen and oxygen atoms in total. The molecular formula is C43H56N2O9. The van der Waals surface area contributed by atoms with Gasteiger partial charge >= 0.3 is 11.9 Å². The van der Waals surface area contributed by atoms with Crippen LogP contribution in [0.2, 0.25) is 0 Å². The van der Waals surface area contributed by atoms with Crippen LogP contribution in [0.4, 0.5) is 0 Å². The Bertz CT molecular complexity index is 1770. The molecule has 2 aliphatic heterocycles. The molecule has 6 fully saturated rings. The normalized spacial score (nSPS) is 32.0. The molecule has 0 spiro atoms. The summed E-state index contributed by atoms with van der Waals surface area (Å²) in [6, 6.07) is 9.40. The molecule has 5 aliphatic carbocycles. The molecule has 0 radical (unpaired) electrons. The molecular weight excluding hydrogens is 688 g/mol. The topological polar surface area (TPSA) is 118 Å². The maximum Gasteiger partial charge on any atom is 0.338 e. The Balaban J connectivity index is 0.000000351. The van der Waals surface area contributed by atoms with Gasteiger partial charge in [0.05, 0.1) is 53.1 Å². The molecule has 3 heterocycles. The number of nitrogens with one attached hydrogen (secondary N) is 1. The fourth-order valence-corrected chi connectivity index (χ4v) is 11.7. The van der Waals surface area contributed by atoms with Crippen molar-refractivity contribution in [2.45, 2.75) is 76.0 Å². The first kappa shape index (κ1) is 37.0. The predicted octanol–water partition coefficient (Wildman–Crippen LogP) is 7.00. The van der Waals surface area contributed by atoms with Crippen molar-refractivity contribution in [3.8, 4) is 23.0 Å². The van der Waals surface area contributed by atoms with E-state index in [9.17, 15) is 9.59 Å². The van der Waals surface area contributed by atoms with Crippen LogP contribution in [0.5, 0.6) is 23.0 Å². The number of esters is 2. The SMILES string of the molecule is C1C2CC3CC1CC(C2)C3.COC(=O)[C@H]1[C@H]2C[C@@H]3c4[nH]c5cc(OC)ccc5c4CCN3C[C@H]2C[C@@H](OC(=O)c2cc(OC)c(OC)c(OC)c2)[C@@H]1OC. The molecule has 0 unspecified atom stereocenters. The van der Waals surface area contributed by atoms with Gasteiger partial charge in [0, 0.05) is 42.9 Å². The average Bonchev–Trinajstić information content (AvgIpc) is 3.56. The van der Waals surface area contributed by atoms with Gasteiger partial charge in [-0.05, 0) is 123 Å². The van der Waals surface area contributed by atoms with E-state index in [0.717, 1.165) is 37.2 Å². The first-order valence-electron chi connectivity index (χ1n) is 19.8. The van der Waals surface area contributed by atoms with Crippen molar-refractivity contribution in [2.75, 3.05) is 55.7 Å². The van der Waals surface area contributed by atoms with E-state index in [1.54, 1.807) is 64.9 Å². The number of piperidine rings is 1. The minimum absolute atomic E-state index is 0.0170. The van der Waals surface area contributed by atoms with E-state index >= 15 is 0 Å². The van der Waals surface area contributed by atoms with Crippen molar-refractivity contribution in [3.05, 3.63) is 47.2 Å². The molecule has 1 saturated heterocycles. The number of methoxy groups -OCH3 is 6. The second-order valence-corrected chi connectivity index (χ2v) is 16.6. The van der Waals surface area contributed by atoms with Crippen LogP contribution in [0.25, 0.3) is 10.9 Å². The van der Waals surface area contributed by atoms with Crippen LogP contribution in [-0.2, 0) is 25.4 Å². The zero-order valence-electron chi connectivity index (χ0n) is 32.6. The molecule has 7 aliphatic rings. The highest BCUT2D eigenvalue weighted by Gasteiger charge is 2.54. The number of carbonyl (C=O) groups excluding carboxylic acids is 2. The Morgan fingerprint density at radius 2 is 1.41 bits per heavy atom. The molecule has 5 saturated carbocycles. The van der Waals surface area contributed by atoms with Gasteiger partial charge in [-0.3, -0.25) is 9.69 Å². The fourth-order valence-electron chi connectivity index (χ4n) is 11.7. The van der Waals surface area contributed by atoms with Crippen LogP contribution in [0.15, 0.2) is 30.3 Å². The van der Waals surface area contributed by atoms with E-state index in [1.807, 2.05) is 12.1 Å². The number of fused-ring (bicyclic) bond motifs is 6. The molecule has 2 aromatic carbocycles. The lowest BCUT2D eigenvalue weighted by Crippen LogP contribution is -2.58. The highest BCUT2D eigenvalue weighted by Crippen LogP contribution is 2.54. The van der Waals surface area contributed by atoms with Gasteiger partial charge in [-0.25, -0.2) is 4.79 Å². The van der Waals surface area contributed by atoms with Gasteiger partial charge in [0.2, 0.25) is 5.75 Å². The summed E-state index contributed by atoms with van der Waals surface area (Å²) in [5, 5.41) is 1.21. The maximum absolute atomic E-state index is 13.5. The quantitative estimate of drug-likeness (QED) is 0.242. The molecule has 54 heavy (non-hydrogen) atoms. The van der Waals surface area contributed by atoms with Crippen LogP contribution in [0.3, 0.4) is 0 Å². The number of ether oxygens (including phenoxy) is 7. The van der Waals surface area contributed by atoms with Crippen LogP contribution in [0, 0.1) is 41.4 Å². The summed E-state index contributed by atoms with van der Waals surface area (Å²) in [5.41, 5.74) is 3.83. The third-order valence-electron chi connectivity index (χ3n) is 13.8. The molecule has 292 valence electrons.